The monoisotopic (exact) mass is 393 g/mol. The Kier molecular flexibility index (Phi) is 4.94. The Balaban J connectivity index is 1.84. The molecule has 152 valence electrons. The van der Waals surface area contributed by atoms with Gasteiger partial charge in [0, 0.05) is 30.1 Å². The second-order valence-corrected chi connectivity index (χ2v) is 8.04. The van der Waals surface area contributed by atoms with E-state index >= 15 is 0 Å². The van der Waals surface area contributed by atoms with Crippen molar-refractivity contribution < 1.29 is 14.3 Å². The highest BCUT2D eigenvalue weighted by Gasteiger charge is 2.47. The van der Waals surface area contributed by atoms with Crippen molar-refractivity contribution in [2.45, 2.75) is 38.8 Å². The van der Waals surface area contributed by atoms with Crippen LogP contribution in [-0.2, 0) is 4.79 Å². The van der Waals surface area contributed by atoms with Crippen LogP contribution in [0, 0.1) is 11.8 Å². The molecule has 1 aliphatic carbocycles. The van der Waals surface area contributed by atoms with Gasteiger partial charge in [0.05, 0.1) is 18.8 Å². The highest BCUT2D eigenvalue weighted by atomic mass is 16.5. The number of amides is 2. The standard InChI is InChI=1S/C23H27N3O3/c1-13-21(25-18-6-4-5-7-20(18)29-3)17-12-16(23(24)28)10-11-19(17)26(14(2)27)22(13)15-8-9-15/h4-7,10-13,15,21-22,25H,8-9H2,1-3H3,(H2,24,28)/t13-,21-,22-/m1/s1. The second kappa shape index (κ2) is 7.43. The van der Waals surface area contributed by atoms with E-state index in [0.29, 0.717) is 11.5 Å². The van der Waals surface area contributed by atoms with Crippen LogP contribution in [0.25, 0.3) is 0 Å². The third-order valence-electron chi connectivity index (χ3n) is 6.13. The number of carbonyl (C=O) groups excluding carboxylic acids is 2. The van der Waals surface area contributed by atoms with E-state index in [9.17, 15) is 9.59 Å². The zero-order valence-electron chi connectivity index (χ0n) is 17.0. The van der Waals surface area contributed by atoms with Crippen molar-refractivity contribution >= 4 is 23.2 Å². The minimum atomic E-state index is -0.477. The molecule has 3 N–H and O–H groups in total. The van der Waals surface area contributed by atoms with E-state index in [2.05, 4.69) is 12.2 Å². The van der Waals surface area contributed by atoms with E-state index in [1.165, 1.54) is 0 Å². The summed E-state index contributed by atoms with van der Waals surface area (Å²) < 4.78 is 5.52. The molecular weight excluding hydrogens is 366 g/mol. The van der Waals surface area contributed by atoms with Gasteiger partial charge in [-0.05, 0) is 54.7 Å². The van der Waals surface area contributed by atoms with Gasteiger partial charge in [0.15, 0.2) is 0 Å². The number of ether oxygens (including phenoxy) is 1. The fourth-order valence-electron chi connectivity index (χ4n) is 4.65. The summed E-state index contributed by atoms with van der Waals surface area (Å²) in [6.45, 7) is 3.79. The Morgan fingerprint density at radius 1 is 1.17 bits per heavy atom. The lowest BCUT2D eigenvalue weighted by Gasteiger charge is -2.46. The summed E-state index contributed by atoms with van der Waals surface area (Å²) in [6.07, 6.45) is 2.27. The molecule has 4 rings (SSSR count). The highest BCUT2D eigenvalue weighted by molar-refractivity contribution is 5.97. The van der Waals surface area contributed by atoms with Gasteiger partial charge in [-0.15, -0.1) is 0 Å². The van der Waals surface area contributed by atoms with Crippen molar-refractivity contribution in [2.24, 2.45) is 17.6 Å². The average molecular weight is 393 g/mol. The largest absolute Gasteiger partial charge is 0.495 e. The summed E-state index contributed by atoms with van der Waals surface area (Å²) in [5.74, 6) is 0.948. The van der Waals surface area contributed by atoms with E-state index in [0.717, 1.165) is 35.5 Å². The fourth-order valence-corrected chi connectivity index (χ4v) is 4.65. The number of nitrogens with zero attached hydrogens (tertiary/aromatic N) is 1. The molecule has 1 aliphatic heterocycles. The number of hydrogen-bond donors (Lipinski definition) is 2. The van der Waals surface area contributed by atoms with E-state index in [-0.39, 0.29) is 23.9 Å². The summed E-state index contributed by atoms with van der Waals surface area (Å²) in [5.41, 5.74) is 8.63. The molecule has 2 aromatic rings. The smallest absolute Gasteiger partial charge is 0.248 e. The van der Waals surface area contributed by atoms with Gasteiger partial charge < -0.3 is 20.7 Å². The van der Waals surface area contributed by atoms with Crippen molar-refractivity contribution in [2.75, 3.05) is 17.3 Å². The predicted molar refractivity (Wildman–Crippen MR) is 113 cm³/mol. The normalized spacial score (nSPS) is 23.3. The molecule has 1 heterocycles. The third kappa shape index (κ3) is 3.43. The van der Waals surface area contributed by atoms with Gasteiger partial charge >= 0.3 is 0 Å². The third-order valence-corrected chi connectivity index (χ3v) is 6.13. The first kappa shape index (κ1) is 19.3. The first-order valence-electron chi connectivity index (χ1n) is 10.1. The molecule has 1 fully saturated rings. The Morgan fingerprint density at radius 2 is 1.90 bits per heavy atom. The molecule has 0 saturated heterocycles. The molecule has 2 amide bonds. The van der Waals surface area contributed by atoms with Gasteiger partial charge in [0.25, 0.3) is 0 Å². The second-order valence-electron chi connectivity index (χ2n) is 8.04. The maximum absolute atomic E-state index is 12.6. The van der Waals surface area contributed by atoms with E-state index < -0.39 is 5.91 Å². The first-order valence-corrected chi connectivity index (χ1v) is 10.1. The van der Waals surface area contributed by atoms with Crippen LogP contribution >= 0.6 is 0 Å². The lowest BCUT2D eigenvalue weighted by Crippen LogP contribution is -2.51. The van der Waals surface area contributed by atoms with Crippen LogP contribution < -0.4 is 20.7 Å². The molecule has 0 bridgehead atoms. The average Bonchev–Trinajstić information content (AvgIpc) is 3.54. The molecule has 6 heteroatoms. The lowest BCUT2D eigenvalue weighted by molar-refractivity contribution is -0.117. The lowest BCUT2D eigenvalue weighted by atomic mass is 9.79. The summed E-state index contributed by atoms with van der Waals surface area (Å²) >= 11 is 0. The number of primary amides is 1. The van der Waals surface area contributed by atoms with Crippen LogP contribution in [0.5, 0.6) is 5.75 Å². The molecule has 6 nitrogen and oxygen atoms in total. The summed E-state index contributed by atoms with van der Waals surface area (Å²) in [6, 6.07) is 13.2. The van der Waals surface area contributed by atoms with Crippen molar-refractivity contribution in [1.82, 2.24) is 0 Å². The zero-order valence-corrected chi connectivity index (χ0v) is 17.0. The molecule has 0 spiro atoms. The predicted octanol–water partition coefficient (Wildman–Crippen LogP) is 3.73. The Labute approximate surface area is 171 Å². The minimum Gasteiger partial charge on any atom is -0.495 e. The summed E-state index contributed by atoms with van der Waals surface area (Å²) in [4.78, 5) is 26.4. The molecule has 3 atom stereocenters. The Hall–Kier alpha value is -3.02. The summed E-state index contributed by atoms with van der Waals surface area (Å²) in [5, 5.41) is 3.63. The molecule has 2 aromatic carbocycles. The SMILES string of the molecule is COc1ccccc1N[C@H]1c2cc(C(N)=O)ccc2N(C(C)=O)[C@@H](C2CC2)[C@@H]1C. The highest BCUT2D eigenvalue weighted by Crippen LogP contribution is 2.50. The summed E-state index contributed by atoms with van der Waals surface area (Å²) in [7, 11) is 1.65. The van der Waals surface area contributed by atoms with Gasteiger partial charge in [-0.1, -0.05) is 19.1 Å². The zero-order chi connectivity index (χ0) is 20.7. The molecular formula is C23H27N3O3. The number of hydrogen-bond acceptors (Lipinski definition) is 4. The molecule has 0 radical (unpaired) electrons. The van der Waals surface area contributed by atoms with Crippen molar-refractivity contribution in [3.05, 3.63) is 53.6 Å². The van der Waals surface area contributed by atoms with Gasteiger partial charge in [-0.25, -0.2) is 0 Å². The maximum Gasteiger partial charge on any atom is 0.248 e. The van der Waals surface area contributed by atoms with Crippen LogP contribution in [0.4, 0.5) is 11.4 Å². The van der Waals surface area contributed by atoms with Crippen molar-refractivity contribution in [3.63, 3.8) is 0 Å². The Bertz CT molecular complexity index is 954. The van der Waals surface area contributed by atoms with Crippen molar-refractivity contribution in [1.29, 1.82) is 0 Å². The quantitative estimate of drug-likeness (QED) is 0.811. The topological polar surface area (TPSA) is 84.7 Å². The maximum atomic E-state index is 12.6. The van der Waals surface area contributed by atoms with Gasteiger partial charge in [0.1, 0.15) is 5.75 Å². The van der Waals surface area contributed by atoms with Crippen LogP contribution in [-0.4, -0.2) is 25.0 Å². The number of rotatable bonds is 5. The molecule has 1 saturated carbocycles. The fraction of sp³-hybridized carbons (Fsp3) is 0.391. The van der Waals surface area contributed by atoms with E-state index in [1.54, 1.807) is 20.1 Å². The van der Waals surface area contributed by atoms with E-state index in [1.807, 2.05) is 41.3 Å². The number of para-hydroxylation sites is 2. The number of methoxy groups -OCH3 is 1. The van der Waals surface area contributed by atoms with Crippen LogP contribution in [0.3, 0.4) is 0 Å². The van der Waals surface area contributed by atoms with Crippen LogP contribution in [0.15, 0.2) is 42.5 Å². The Morgan fingerprint density at radius 3 is 2.52 bits per heavy atom. The number of nitrogens with two attached hydrogens (primary N) is 1. The number of benzene rings is 2. The molecule has 29 heavy (non-hydrogen) atoms. The van der Waals surface area contributed by atoms with Crippen LogP contribution in [0.1, 0.15) is 48.7 Å². The van der Waals surface area contributed by atoms with Crippen molar-refractivity contribution in [3.8, 4) is 5.75 Å². The molecule has 0 aromatic heterocycles. The molecule has 2 aliphatic rings. The number of fused-ring (bicyclic) bond motifs is 1. The van der Waals surface area contributed by atoms with Crippen LogP contribution in [0.2, 0.25) is 0 Å². The van der Waals surface area contributed by atoms with Gasteiger partial charge in [-0.3, -0.25) is 9.59 Å². The number of carbonyl (C=O) groups is 2. The van der Waals surface area contributed by atoms with Gasteiger partial charge in [0.2, 0.25) is 11.8 Å². The number of anilines is 2. The van der Waals surface area contributed by atoms with Gasteiger partial charge in [-0.2, -0.15) is 0 Å². The number of nitrogens with one attached hydrogen (secondary N) is 1. The first-order chi connectivity index (χ1) is 13.9. The minimum absolute atomic E-state index is 0.0255. The van der Waals surface area contributed by atoms with E-state index in [4.69, 9.17) is 10.5 Å². The molecule has 0 unspecified atom stereocenters.